The van der Waals surface area contributed by atoms with Crippen LogP contribution in [0.4, 0.5) is 4.39 Å². The number of imidazole rings is 1. The maximum absolute atomic E-state index is 15.0. The number of rotatable bonds is 10. The van der Waals surface area contributed by atoms with Gasteiger partial charge in [0.1, 0.15) is 18.8 Å². The van der Waals surface area contributed by atoms with Gasteiger partial charge in [0.15, 0.2) is 5.69 Å². The smallest absolute Gasteiger partial charge is 0.272 e. The molecule has 36 heavy (non-hydrogen) atoms. The fourth-order valence-corrected chi connectivity index (χ4v) is 4.58. The average Bonchev–Trinajstić information content (AvgIpc) is 3.42. The van der Waals surface area contributed by atoms with Crippen LogP contribution in [0, 0.1) is 12.9 Å². The number of fused-ring (bicyclic) bond motifs is 1. The number of methoxy groups -OCH3 is 1. The van der Waals surface area contributed by atoms with Crippen molar-refractivity contribution in [1.29, 1.82) is 0 Å². The molecule has 4 aromatic rings. The summed E-state index contributed by atoms with van der Waals surface area (Å²) in [4.78, 5) is 17.1. The fourth-order valence-electron chi connectivity index (χ4n) is 3.83. The van der Waals surface area contributed by atoms with Gasteiger partial charge in [0.05, 0.1) is 24.4 Å². The van der Waals surface area contributed by atoms with Crippen molar-refractivity contribution in [1.82, 2.24) is 24.5 Å². The zero-order valence-corrected chi connectivity index (χ0v) is 22.3. The zero-order chi connectivity index (χ0) is 25.9. The number of carbonyl (C=O) groups excluding carboxylic acids is 1. The quantitative estimate of drug-likeness (QED) is 0.243. The predicted molar refractivity (Wildman–Crippen MR) is 139 cm³/mol. The number of hydrogen-bond donors (Lipinski definition) is 1. The number of ether oxygens (including phenoxy) is 2. The number of halogens is 1. The lowest BCUT2D eigenvalue weighted by Gasteiger charge is -2.15. The molecule has 10 heteroatoms. The number of pyridine rings is 1. The van der Waals surface area contributed by atoms with Gasteiger partial charge in [0.2, 0.25) is 5.95 Å². The number of aromatic nitrogens is 4. The standard InChI is InChI=1S/C26H32FN5O3Si/c1-18-10-19(12-21(11-18)34-2)13-28-26(33)24-23-7-6-20(15-31(23)16-29-24)22-14-30-32(25(22)27)17-35-8-9-36(3,4)5/h6-7,10-12,14-16H,8-9,13,17H2,1-5H3,(H,28,33). The van der Waals surface area contributed by atoms with E-state index in [1.54, 1.807) is 36.2 Å². The molecule has 1 amide bonds. The second-order valence-corrected chi connectivity index (χ2v) is 15.7. The first kappa shape index (κ1) is 25.6. The number of hydrogen-bond acceptors (Lipinski definition) is 5. The van der Waals surface area contributed by atoms with E-state index in [2.05, 4.69) is 35.0 Å². The summed E-state index contributed by atoms with van der Waals surface area (Å²) in [6.45, 7) is 9.79. The summed E-state index contributed by atoms with van der Waals surface area (Å²) in [6.07, 6.45) is 4.77. The van der Waals surface area contributed by atoms with Gasteiger partial charge < -0.3 is 19.2 Å². The van der Waals surface area contributed by atoms with Gasteiger partial charge in [-0.2, -0.15) is 9.49 Å². The summed E-state index contributed by atoms with van der Waals surface area (Å²) in [5, 5.41) is 7.05. The number of aryl methyl sites for hydroxylation is 1. The molecule has 1 aromatic carbocycles. The Morgan fingerprint density at radius 2 is 2.00 bits per heavy atom. The highest BCUT2D eigenvalue weighted by molar-refractivity contribution is 6.76. The zero-order valence-electron chi connectivity index (χ0n) is 21.3. The molecule has 0 aliphatic rings. The summed E-state index contributed by atoms with van der Waals surface area (Å²) in [5.41, 5.74) is 3.90. The molecule has 0 bridgehead atoms. The van der Waals surface area contributed by atoms with Gasteiger partial charge in [-0.3, -0.25) is 4.79 Å². The predicted octanol–water partition coefficient (Wildman–Crippen LogP) is 4.90. The topological polar surface area (TPSA) is 82.7 Å². The molecular weight excluding hydrogens is 477 g/mol. The van der Waals surface area contributed by atoms with Gasteiger partial charge in [0, 0.05) is 33.0 Å². The third-order valence-electron chi connectivity index (χ3n) is 5.84. The van der Waals surface area contributed by atoms with Gasteiger partial charge >= 0.3 is 0 Å². The van der Waals surface area contributed by atoms with Crippen molar-refractivity contribution in [2.45, 2.75) is 45.9 Å². The lowest BCUT2D eigenvalue weighted by Crippen LogP contribution is -2.23. The van der Waals surface area contributed by atoms with Crippen LogP contribution in [0.5, 0.6) is 5.75 Å². The normalized spacial score (nSPS) is 11.7. The number of nitrogens with one attached hydrogen (secondary N) is 1. The first-order chi connectivity index (χ1) is 17.1. The summed E-state index contributed by atoms with van der Waals surface area (Å²) < 4.78 is 28.8. The molecule has 3 aromatic heterocycles. The van der Waals surface area contributed by atoms with Crippen LogP contribution < -0.4 is 10.1 Å². The number of benzene rings is 1. The van der Waals surface area contributed by atoms with Gasteiger partial charge in [-0.25, -0.2) is 9.67 Å². The van der Waals surface area contributed by atoms with Gasteiger partial charge in [-0.1, -0.05) is 31.8 Å². The van der Waals surface area contributed by atoms with Crippen molar-refractivity contribution in [3.05, 3.63) is 71.8 Å². The molecule has 0 aliphatic carbocycles. The molecule has 8 nitrogen and oxygen atoms in total. The van der Waals surface area contributed by atoms with Crippen molar-refractivity contribution >= 4 is 19.5 Å². The van der Waals surface area contributed by atoms with E-state index in [1.165, 1.54) is 10.9 Å². The van der Waals surface area contributed by atoms with E-state index in [9.17, 15) is 9.18 Å². The lowest BCUT2D eigenvalue weighted by molar-refractivity contribution is 0.0700. The second kappa shape index (κ2) is 10.6. The number of carbonyl (C=O) groups is 1. The Bertz CT molecular complexity index is 1380. The Balaban J connectivity index is 1.44. The van der Waals surface area contributed by atoms with Crippen molar-refractivity contribution in [3.63, 3.8) is 0 Å². The first-order valence-corrected chi connectivity index (χ1v) is 15.5. The van der Waals surface area contributed by atoms with Crippen molar-refractivity contribution in [2.24, 2.45) is 0 Å². The maximum atomic E-state index is 15.0. The van der Waals surface area contributed by atoms with Crippen LogP contribution in [0.15, 0.2) is 49.1 Å². The van der Waals surface area contributed by atoms with Crippen molar-refractivity contribution < 1.29 is 18.7 Å². The molecule has 1 N–H and O–H groups in total. The number of nitrogens with zero attached hydrogens (tertiary/aromatic N) is 4. The Kier molecular flexibility index (Phi) is 7.55. The molecule has 0 saturated carbocycles. The molecule has 4 rings (SSSR count). The molecule has 0 radical (unpaired) electrons. The Hall–Kier alpha value is -3.50. The summed E-state index contributed by atoms with van der Waals surface area (Å²) in [7, 11) is 0.405. The third kappa shape index (κ3) is 6.00. The molecule has 0 fully saturated rings. The van der Waals surface area contributed by atoms with E-state index in [-0.39, 0.29) is 12.6 Å². The van der Waals surface area contributed by atoms with Crippen LogP contribution in [-0.2, 0) is 18.0 Å². The lowest BCUT2D eigenvalue weighted by atomic mass is 10.1. The van der Waals surface area contributed by atoms with E-state index in [0.29, 0.717) is 35.5 Å². The van der Waals surface area contributed by atoms with Crippen molar-refractivity contribution in [3.8, 4) is 16.9 Å². The highest BCUT2D eigenvalue weighted by Crippen LogP contribution is 2.24. The van der Waals surface area contributed by atoms with E-state index in [0.717, 1.165) is 22.9 Å². The fraction of sp³-hybridized carbons (Fsp3) is 0.346. The third-order valence-corrected chi connectivity index (χ3v) is 7.55. The molecule has 0 atom stereocenters. The second-order valence-electron chi connectivity index (χ2n) is 10.0. The number of amides is 1. The average molecular weight is 510 g/mol. The molecule has 0 spiro atoms. The SMILES string of the molecule is COc1cc(C)cc(CNC(=O)c2ncn3cc(-c4cnn(COCC[Si](C)(C)C)c4F)ccc23)c1. The Morgan fingerprint density at radius 3 is 2.75 bits per heavy atom. The van der Waals surface area contributed by atoms with Crippen molar-refractivity contribution in [2.75, 3.05) is 13.7 Å². The molecule has 190 valence electrons. The van der Waals surface area contributed by atoms with Gasteiger partial charge in [-0.15, -0.1) is 0 Å². The van der Waals surface area contributed by atoms with E-state index >= 15 is 0 Å². The monoisotopic (exact) mass is 509 g/mol. The molecule has 0 saturated heterocycles. The van der Waals surface area contributed by atoms with Crippen LogP contribution >= 0.6 is 0 Å². The minimum Gasteiger partial charge on any atom is -0.497 e. The van der Waals surface area contributed by atoms with Crippen LogP contribution in [0.1, 0.15) is 21.6 Å². The minimum absolute atomic E-state index is 0.0702. The molecule has 3 heterocycles. The van der Waals surface area contributed by atoms with E-state index in [4.69, 9.17) is 9.47 Å². The molecular formula is C26H32FN5O3Si. The summed E-state index contributed by atoms with van der Waals surface area (Å²) in [5.74, 6) is -0.0119. The van der Waals surface area contributed by atoms with E-state index < -0.39 is 14.0 Å². The largest absolute Gasteiger partial charge is 0.497 e. The summed E-state index contributed by atoms with van der Waals surface area (Å²) in [6, 6.07) is 10.3. The molecule has 0 aliphatic heterocycles. The van der Waals surface area contributed by atoms with Crippen LogP contribution in [0.3, 0.4) is 0 Å². The van der Waals surface area contributed by atoms with Crippen LogP contribution in [0.25, 0.3) is 16.6 Å². The van der Waals surface area contributed by atoms with E-state index in [1.807, 2.05) is 25.1 Å². The van der Waals surface area contributed by atoms with Crippen LogP contribution in [-0.4, -0.2) is 46.9 Å². The van der Waals surface area contributed by atoms with Gasteiger partial charge in [0.25, 0.3) is 5.91 Å². The summed E-state index contributed by atoms with van der Waals surface area (Å²) >= 11 is 0. The minimum atomic E-state index is -1.21. The molecule has 0 unspecified atom stereocenters. The Morgan fingerprint density at radius 1 is 1.19 bits per heavy atom. The first-order valence-electron chi connectivity index (χ1n) is 11.8. The Labute approximate surface area is 211 Å². The van der Waals surface area contributed by atoms with Crippen LogP contribution in [0.2, 0.25) is 25.7 Å². The maximum Gasteiger partial charge on any atom is 0.272 e. The highest BCUT2D eigenvalue weighted by atomic mass is 28.3. The van der Waals surface area contributed by atoms with Gasteiger partial charge in [-0.05, 0) is 42.3 Å². The highest BCUT2D eigenvalue weighted by Gasteiger charge is 2.17.